The Balaban J connectivity index is 1.61. The fraction of sp³-hybridized carbons (Fsp3) is 0.238. The topological polar surface area (TPSA) is 46.3 Å². The molecule has 1 aliphatic rings. The van der Waals surface area contributed by atoms with Crippen LogP contribution in [0.4, 0.5) is 0 Å². The summed E-state index contributed by atoms with van der Waals surface area (Å²) in [6.07, 6.45) is 3.02. The SMILES string of the molecule is Cc1noc(C)c1C(=O)N1CC=C(c2cccc3ccccc23)CC1. The van der Waals surface area contributed by atoms with E-state index in [1.807, 2.05) is 11.8 Å². The van der Waals surface area contributed by atoms with Gasteiger partial charge in [0.1, 0.15) is 11.3 Å². The molecule has 0 atom stereocenters. The first-order valence-corrected chi connectivity index (χ1v) is 8.54. The van der Waals surface area contributed by atoms with Crippen molar-refractivity contribution in [2.24, 2.45) is 0 Å². The van der Waals surface area contributed by atoms with Crippen LogP contribution in [0.25, 0.3) is 16.3 Å². The zero-order valence-electron chi connectivity index (χ0n) is 14.5. The Bertz CT molecular complexity index is 960. The molecule has 0 radical (unpaired) electrons. The van der Waals surface area contributed by atoms with Gasteiger partial charge >= 0.3 is 0 Å². The molecule has 0 spiro atoms. The average Bonchev–Trinajstić information content (AvgIpc) is 2.99. The fourth-order valence-electron chi connectivity index (χ4n) is 3.55. The third-order valence-electron chi connectivity index (χ3n) is 4.88. The number of fused-ring (bicyclic) bond motifs is 1. The van der Waals surface area contributed by atoms with E-state index < -0.39 is 0 Å². The molecule has 1 amide bonds. The first-order valence-electron chi connectivity index (χ1n) is 8.54. The van der Waals surface area contributed by atoms with Gasteiger partial charge in [0.25, 0.3) is 5.91 Å². The van der Waals surface area contributed by atoms with Gasteiger partial charge in [-0.15, -0.1) is 0 Å². The van der Waals surface area contributed by atoms with Crippen LogP contribution in [0.2, 0.25) is 0 Å². The van der Waals surface area contributed by atoms with E-state index in [9.17, 15) is 4.79 Å². The van der Waals surface area contributed by atoms with Crippen LogP contribution in [0, 0.1) is 13.8 Å². The highest BCUT2D eigenvalue weighted by Crippen LogP contribution is 2.29. The Morgan fingerprint density at radius 1 is 1.12 bits per heavy atom. The molecule has 0 bridgehead atoms. The van der Waals surface area contributed by atoms with Crippen molar-refractivity contribution >= 4 is 22.3 Å². The minimum absolute atomic E-state index is 0.00414. The van der Waals surface area contributed by atoms with Crippen LogP contribution in [0.15, 0.2) is 53.1 Å². The number of nitrogens with zero attached hydrogens (tertiary/aromatic N) is 2. The molecule has 4 nitrogen and oxygen atoms in total. The molecule has 3 aromatic rings. The van der Waals surface area contributed by atoms with Crippen molar-refractivity contribution in [2.45, 2.75) is 20.3 Å². The Labute approximate surface area is 146 Å². The third-order valence-corrected chi connectivity index (χ3v) is 4.88. The number of aryl methyl sites for hydroxylation is 2. The summed E-state index contributed by atoms with van der Waals surface area (Å²) in [4.78, 5) is 14.6. The van der Waals surface area contributed by atoms with Crippen molar-refractivity contribution in [3.05, 3.63) is 71.1 Å². The number of carbonyl (C=O) groups excluding carboxylic acids is 1. The zero-order valence-corrected chi connectivity index (χ0v) is 14.5. The van der Waals surface area contributed by atoms with E-state index in [4.69, 9.17) is 4.52 Å². The molecule has 2 heterocycles. The summed E-state index contributed by atoms with van der Waals surface area (Å²) in [7, 11) is 0. The Kier molecular flexibility index (Phi) is 3.88. The number of rotatable bonds is 2. The van der Waals surface area contributed by atoms with E-state index in [-0.39, 0.29) is 5.91 Å². The van der Waals surface area contributed by atoms with E-state index in [1.54, 1.807) is 6.92 Å². The fourth-order valence-corrected chi connectivity index (χ4v) is 3.55. The first kappa shape index (κ1) is 15.6. The Hall–Kier alpha value is -2.88. The van der Waals surface area contributed by atoms with Gasteiger partial charge in [-0.3, -0.25) is 4.79 Å². The van der Waals surface area contributed by atoms with Crippen molar-refractivity contribution < 1.29 is 9.32 Å². The summed E-state index contributed by atoms with van der Waals surface area (Å²) in [5, 5.41) is 6.40. The summed E-state index contributed by atoms with van der Waals surface area (Å²) >= 11 is 0. The lowest BCUT2D eigenvalue weighted by Gasteiger charge is -2.27. The van der Waals surface area contributed by atoms with Crippen LogP contribution in [0.3, 0.4) is 0 Å². The molecule has 2 aromatic carbocycles. The predicted molar refractivity (Wildman–Crippen MR) is 98.4 cm³/mol. The normalized spacial score (nSPS) is 14.6. The Morgan fingerprint density at radius 2 is 1.92 bits per heavy atom. The summed E-state index contributed by atoms with van der Waals surface area (Å²) in [5.41, 5.74) is 3.83. The average molecular weight is 332 g/mol. The lowest BCUT2D eigenvalue weighted by atomic mass is 9.94. The maximum Gasteiger partial charge on any atom is 0.259 e. The van der Waals surface area contributed by atoms with Gasteiger partial charge < -0.3 is 9.42 Å². The second-order valence-electron chi connectivity index (χ2n) is 6.46. The summed E-state index contributed by atoms with van der Waals surface area (Å²) < 4.78 is 5.13. The molecule has 25 heavy (non-hydrogen) atoms. The lowest BCUT2D eigenvalue weighted by Crippen LogP contribution is -2.35. The molecule has 4 heteroatoms. The number of carbonyl (C=O) groups is 1. The molecule has 1 aromatic heterocycles. The molecule has 0 N–H and O–H groups in total. The van der Waals surface area contributed by atoms with Gasteiger partial charge in [-0.05, 0) is 42.2 Å². The minimum Gasteiger partial charge on any atom is -0.361 e. The molecular weight excluding hydrogens is 312 g/mol. The second kappa shape index (κ2) is 6.20. The van der Waals surface area contributed by atoms with Crippen molar-refractivity contribution in [1.29, 1.82) is 0 Å². The monoisotopic (exact) mass is 332 g/mol. The van der Waals surface area contributed by atoms with Crippen LogP contribution in [-0.4, -0.2) is 29.1 Å². The van der Waals surface area contributed by atoms with Crippen LogP contribution < -0.4 is 0 Å². The van der Waals surface area contributed by atoms with Crippen molar-refractivity contribution in [3.8, 4) is 0 Å². The molecule has 4 rings (SSSR count). The quantitative estimate of drug-likeness (QED) is 0.700. The summed E-state index contributed by atoms with van der Waals surface area (Å²) in [6.45, 7) is 4.92. The summed E-state index contributed by atoms with van der Waals surface area (Å²) in [5.74, 6) is 0.593. The van der Waals surface area contributed by atoms with Crippen molar-refractivity contribution in [2.75, 3.05) is 13.1 Å². The van der Waals surface area contributed by atoms with E-state index >= 15 is 0 Å². The van der Waals surface area contributed by atoms with E-state index in [0.29, 0.717) is 30.1 Å². The van der Waals surface area contributed by atoms with Gasteiger partial charge in [0.15, 0.2) is 0 Å². The molecule has 0 fully saturated rings. The van der Waals surface area contributed by atoms with Crippen LogP contribution in [0.1, 0.15) is 33.8 Å². The molecule has 0 aliphatic carbocycles. The number of hydrogen-bond donors (Lipinski definition) is 0. The maximum atomic E-state index is 12.8. The third kappa shape index (κ3) is 2.74. The number of benzene rings is 2. The standard InChI is InChI=1S/C21H20N2O2/c1-14-20(15(2)25-22-14)21(24)23-12-10-17(11-13-23)19-9-5-7-16-6-3-4-8-18(16)19/h3-10H,11-13H2,1-2H3. The van der Waals surface area contributed by atoms with Gasteiger partial charge in [0.2, 0.25) is 0 Å². The van der Waals surface area contributed by atoms with E-state index in [0.717, 1.165) is 6.42 Å². The maximum absolute atomic E-state index is 12.8. The molecule has 1 aliphatic heterocycles. The number of aromatic nitrogens is 1. The molecule has 0 unspecified atom stereocenters. The molecule has 0 saturated carbocycles. The first-order chi connectivity index (χ1) is 12.1. The van der Waals surface area contributed by atoms with Crippen molar-refractivity contribution in [1.82, 2.24) is 10.1 Å². The highest BCUT2D eigenvalue weighted by atomic mass is 16.5. The lowest BCUT2D eigenvalue weighted by molar-refractivity contribution is 0.0770. The second-order valence-corrected chi connectivity index (χ2v) is 6.46. The Morgan fingerprint density at radius 3 is 2.64 bits per heavy atom. The van der Waals surface area contributed by atoms with Crippen molar-refractivity contribution in [3.63, 3.8) is 0 Å². The zero-order chi connectivity index (χ0) is 17.4. The van der Waals surface area contributed by atoms with Gasteiger partial charge in [-0.1, -0.05) is 53.7 Å². The summed E-state index contributed by atoms with van der Waals surface area (Å²) in [6, 6.07) is 14.8. The molecular formula is C21H20N2O2. The van der Waals surface area contributed by atoms with Crippen LogP contribution >= 0.6 is 0 Å². The largest absolute Gasteiger partial charge is 0.361 e. The van der Waals surface area contributed by atoms with Gasteiger partial charge in [-0.2, -0.15) is 0 Å². The number of amides is 1. The number of hydrogen-bond acceptors (Lipinski definition) is 3. The van der Waals surface area contributed by atoms with E-state index in [2.05, 4.69) is 53.7 Å². The smallest absolute Gasteiger partial charge is 0.259 e. The molecule has 0 saturated heterocycles. The highest BCUT2D eigenvalue weighted by molar-refractivity contribution is 5.97. The minimum atomic E-state index is 0.00414. The molecule has 126 valence electrons. The van der Waals surface area contributed by atoms with Gasteiger partial charge in [-0.25, -0.2) is 0 Å². The predicted octanol–water partition coefficient (Wildman–Crippen LogP) is 4.37. The van der Waals surface area contributed by atoms with E-state index in [1.165, 1.54) is 21.9 Å². The van der Waals surface area contributed by atoms with Crippen LogP contribution in [-0.2, 0) is 0 Å². The van der Waals surface area contributed by atoms with Gasteiger partial charge in [0, 0.05) is 13.1 Å². The van der Waals surface area contributed by atoms with Crippen LogP contribution in [0.5, 0.6) is 0 Å². The highest BCUT2D eigenvalue weighted by Gasteiger charge is 2.25. The van der Waals surface area contributed by atoms with Gasteiger partial charge in [0.05, 0.1) is 5.69 Å².